The Labute approximate surface area is 168 Å². The van der Waals surface area contributed by atoms with Crippen LogP contribution in [-0.2, 0) is 11.3 Å². The van der Waals surface area contributed by atoms with Gasteiger partial charge in [0.1, 0.15) is 6.54 Å². The van der Waals surface area contributed by atoms with E-state index in [0.29, 0.717) is 16.9 Å². The third-order valence-corrected chi connectivity index (χ3v) is 4.58. The highest BCUT2D eigenvalue weighted by atomic mass is 35.5. The van der Waals surface area contributed by atoms with Crippen molar-refractivity contribution in [2.75, 3.05) is 5.32 Å². The van der Waals surface area contributed by atoms with Crippen molar-refractivity contribution < 1.29 is 9.72 Å². The van der Waals surface area contributed by atoms with E-state index in [1.54, 1.807) is 18.2 Å². The molecule has 142 valence electrons. The van der Waals surface area contributed by atoms with Crippen molar-refractivity contribution >= 4 is 40.5 Å². The number of nitrogens with zero attached hydrogens (tertiary/aromatic N) is 3. The zero-order valence-corrected chi connectivity index (χ0v) is 15.6. The number of carbonyl (C=O) groups is 1. The Balaban J connectivity index is 1.81. The van der Waals surface area contributed by atoms with Gasteiger partial charge in [0.05, 0.1) is 26.3 Å². The predicted octanol–water partition coefficient (Wildman–Crippen LogP) is 3.76. The maximum atomic E-state index is 12.3. The summed E-state index contributed by atoms with van der Waals surface area (Å²) in [5, 5.41) is 18.0. The molecule has 0 atom stereocenters. The topological polar surface area (TPSA) is 107 Å². The van der Waals surface area contributed by atoms with Gasteiger partial charge in [-0.2, -0.15) is 5.10 Å². The fourth-order valence-electron chi connectivity index (χ4n) is 2.40. The zero-order valence-electron chi connectivity index (χ0n) is 14.1. The van der Waals surface area contributed by atoms with Crippen molar-refractivity contribution in [2.45, 2.75) is 6.54 Å². The molecule has 0 aliphatic heterocycles. The highest BCUT2D eigenvalue weighted by Gasteiger charge is 2.12. The summed E-state index contributed by atoms with van der Waals surface area (Å²) in [6.45, 7) is -0.345. The summed E-state index contributed by atoms with van der Waals surface area (Å²) < 4.78 is 0.991. The van der Waals surface area contributed by atoms with E-state index in [1.165, 1.54) is 36.4 Å². The van der Waals surface area contributed by atoms with Gasteiger partial charge in [0.25, 0.3) is 11.2 Å². The van der Waals surface area contributed by atoms with Crippen LogP contribution in [0.4, 0.5) is 11.4 Å². The molecule has 1 aromatic heterocycles. The Morgan fingerprint density at radius 1 is 1.11 bits per heavy atom. The number of amides is 1. The van der Waals surface area contributed by atoms with Crippen LogP contribution in [0.3, 0.4) is 0 Å². The number of nitrogens with one attached hydrogen (secondary N) is 1. The maximum Gasteiger partial charge on any atom is 0.269 e. The monoisotopic (exact) mass is 418 g/mol. The summed E-state index contributed by atoms with van der Waals surface area (Å²) in [6, 6.07) is 13.2. The molecule has 28 heavy (non-hydrogen) atoms. The van der Waals surface area contributed by atoms with Crippen LogP contribution in [0.2, 0.25) is 10.0 Å². The fourth-order valence-corrected chi connectivity index (χ4v) is 2.74. The fraction of sp³-hybridized carbons (Fsp3) is 0.0556. The second-order valence-corrected chi connectivity index (χ2v) is 6.45. The zero-order chi connectivity index (χ0) is 20.3. The van der Waals surface area contributed by atoms with E-state index >= 15 is 0 Å². The first-order valence-electron chi connectivity index (χ1n) is 7.92. The molecule has 0 saturated heterocycles. The molecule has 0 aliphatic carbocycles. The molecule has 2 aromatic carbocycles. The maximum absolute atomic E-state index is 12.3. The van der Waals surface area contributed by atoms with Crippen molar-refractivity contribution in [1.82, 2.24) is 9.78 Å². The minimum atomic E-state index is -0.514. The molecule has 1 heterocycles. The van der Waals surface area contributed by atoms with Gasteiger partial charge in [0.2, 0.25) is 5.91 Å². The van der Waals surface area contributed by atoms with Crippen molar-refractivity contribution in [1.29, 1.82) is 0 Å². The van der Waals surface area contributed by atoms with Gasteiger partial charge in [-0.3, -0.25) is 19.7 Å². The summed E-state index contributed by atoms with van der Waals surface area (Å²) in [6.07, 6.45) is 0. The van der Waals surface area contributed by atoms with Crippen molar-refractivity contribution in [3.05, 3.63) is 85.1 Å². The molecule has 1 N–H and O–H groups in total. The van der Waals surface area contributed by atoms with Crippen LogP contribution in [0.25, 0.3) is 11.3 Å². The highest BCUT2D eigenvalue weighted by Crippen LogP contribution is 2.29. The SMILES string of the molecule is O=C(Cn1nc(-c2ccc([N+](=O)[O-])cc2)ccc1=O)Nc1cccc(Cl)c1Cl. The third-order valence-electron chi connectivity index (χ3n) is 3.76. The van der Waals surface area contributed by atoms with Crippen LogP contribution in [0.5, 0.6) is 0 Å². The van der Waals surface area contributed by atoms with Crippen LogP contribution in [0, 0.1) is 10.1 Å². The standard InChI is InChI=1S/C18H12Cl2N4O4/c19-13-2-1-3-15(18(13)20)21-16(25)10-23-17(26)9-8-14(22-23)11-4-6-12(7-5-11)24(27)28/h1-9H,10H2,(H,21,25). The molecule has 0 bridgehead atoms. The normalized spacial score (nSPS) is 10.5. The van der Waals surface area contributed by atoms with Gasteiger partial charge in [-0.1, -0.05) is 29.3 Å². The van der Waals surface area contributed by atoms with E-state index in [-0.39, 0.29) is 22.3 Å². The minimum absolute atomic E-state index is 0.0603. The number of rotatable bonds is 5. The first-order chi connectivity index (χ1) is 13.3. The van der Waals surface area contributed by atoms with Gasteiger partial charge in [0, 0.05) is 23.8 Å². The van der Waals surface area contributed by atoms with Gasteiger partial charge in [-0.25, -0.2) is 4.68 Å². The molecule has 0 saturated carbocycles. The lowest BCUT2D eigenvalue weighted by Crippen LogP contribution is -2.29. The number of carbonyl (C=O) groups excluding carboxylic acids is 1. The van der Waals surface area contributed by atoms with E-state index in [2.05, 4.69) is 10.4 Å². The number of benzene rings is 2. The molecule has 0 aliphatic rings. The number of nitro benzene ring substituents is 1. The molecule has 0 unspecified atom stereocenters. The largest absolute Gasteiger partial charge is 0.323 e. The Morgan fingerprint density at radius 3 is 2.50 bits per heavy atom. The Hall–Kier alpha value is -3.23. The van der Waals surface area contributed by atoms with Gasteiger partial charge >= 0.3 is 0 Å². The van der Waals surface area contributed by atoms with Crippen LogP contribution < -0.4 is 10.9 Å². The summed E-state index contributed by atoms with van der Waals surface area (Å²) in [4.78, 5) is 34.6. The van der Waals surface area contributed by atoms with Gasteiger partial charge in [-0.15, -0.1) is 0 Å². The molecule has 0 fully saturated rings. The van der Waals surface area contributed by atoms with E-state index < -0.39 is 16.4 Å². The first-order valence-corrected chi connectivity index (χ1v) is 8.67. The molecule has 8 nitrogen and oxygen atoms in total. The number of hydrogen-bond acceptors (Lipinski definition) is 5. The number of hydrogen-bond donors (Lipinski definition) is 1. The molecular weight excluding hydrogens is 407 g/mol. The van der Waals surface area contributed by atoms with Crippen molar-refractivity contribution in [3.8, 4) is 11.3 Å². The summed E-state index contributed by atoms with van der Waals surface area (Å²) in [5.41, 5.74) is 0.743. The summed E-state index contributed by atoms with van der Waals surface area (Å²) >= 11 is 11.9. The predicted molar refractivity (Wildman–Crippen MR) is 106 cm³/mol. The smallest absolute Gasteiger partial charge is 0.269 e. The number of nitro groups is 1. The summed E-state index contributed by atoms with van der Waals surface area (Å²) in [5.74, 6) is -0.514. The lowest BCUT2D eigenvalue weighted by atomic mass is 10.1. The number of halogens is 2. The number of non-ortho nitro benzene ring substituents is 1. The molecule has 1 amide bonds. The van der Waals surface area contributed by atoms with Crippen molar-refractivity contribution in [3.63, 3.8) is 0 Å². The lowest BCUT2D eigenvalue weighted by Gasteiger charge is -2.10. The second kappa shape index (κ2) is 8.20. The summed E-state index contributed by atoms with van der Waals surface area (Å²) in [7, 11) is 0. The Kier molecular flexibility index (Phi) is 5.72. The molecule has 3 rings (SSSR count). The average Bonchev–Trinajstić information content (AvgIpc) is 2.67. The molecule has 3 aromatic rings. The Morgan fingerprint density at radius 2 is 1.82 bits per heavy atom. The third kappa shape index (κ3) is 4.36. The van der Waals surface area contributed by atoms with E-state index in [1.807, 2.05) is 0 Å². The van der Waals surface area contributed by atoms with E-state index in [9.17, 15) is 19.7 Å². The second-order valence-electron chi connectivity index (χ2n) is 5.67. The van der Waals surface area contributed by atoms with Gasteiger partial charge < -0.3 is 5.32 Å². The molecule has 0 radical (unpaired) electrons. The van der Waals surface area contributed by atoms with E-state index in [0.717, 1.165) is 4.68 Å². The number of anilines is 1. The van der Waals surface area contributed by atoms with Gasteiger partial charge in [-0.05, 0) is 30.3 Å². The molecule has 0 spiro atoms. The molecule has 10 heteroatoms. The molecular formula is C18H12Cl2N4O4. The lowest BCUT2D eigenvalue weighted by molar-refractivity contribution is -0.384. The van der Waals surface area contributed by atoms with Crippen LogP contribution >= 0.6 is 23.2 Å². The van der Waals surface area contributed by atoms with Crippen LogP contribution in [0.1, 0.15) is 0 Å². The van der Waals surface area contributed by atoms with Crippen molar-refractivity contribution in [2.24, 2.45) is 0 Å². The van der Waals surface area contributed by atoms with E-state index in [4.69, 9.17) is 23.2 Å². The average molecular weight is 419 g/mol. The van der Waals surface area contributed by atoms with Gasteiger partial charge in [0.15, 0.2) is 0 Å². The number of aromatic nitrogens is 2. The van der Waals surface area contributed by atoms with Crippen LogP contribution in [0.15, 0.2) is 59.4 Å². The highest BCUT2D eigenvalue weighted by molar-refractivity contribution is 6.43. The van der Waals surface area contributed by atoms with Crippen LogP contribution in [-0.4, -0.2) is 20.6 Å². The quantitative estimate of drug-likeness (QED) is 0.501. The Bertz CT molecular complexity index is 1110. The first kappa shape index (κ1) is 19.5. The minimum Gasteiger partial charge on any atom is -0.323 e.